The van der Waals surface area contributed by atoms with Gasteiger partial charge in [-0.2, -0.15) is 0 Å². The maximum atomic E-state index is 13.6. The van der Waals surface area contributed by atoms with Gasteiger partial charge in [-0.1, -0.05) is 12.1 Å². The normalized spacial score (nSPS) is 15.6. The maximum absolute atomic E-state index is 13.6. The molecule has 1 saturated heterocycles. The van der Waals surface area contributed by atoms with E-state index in [1.807, 2.05) is 6.07 Å². The molecule has 1 heterocycles. The van der Waals surface area contributed by atoms with Crippen molar-refractivity contribution in [3.8, 4) is 17.2 Å². The fraction of sp³-hybridized carbons (Fsp3) is 0.458. The molecule has 2 aromatic rings. The Morgan fingerprint density at radius 1 is 1.16 bits per heavy atom. The number of benzene rings is 2. The third kappa shape index (κ3) is 6.58. The van der Waals surface area contributed by atoms with Crippen LogP contribution in [-0.4, -0.2) is 57.9 Å². The quantitative estimate of drug-likeness (QED) is 0.565. The molecule has 1 amide bonds. The largest absolute Gasteiger partial charge is 0.493 e. The molecule has 8 heteroatoms. The molecule has 174 valence electrons. The highest BCUT2D eigenvalue weighted by molar-refractivity contribution is 5.91. The van der Waals surface area contributed by atoms with Crippen LogP contribution in [0.2, 0.25) is 0 Å². The van der Waals surface area contributed by atoms with Crippen LogP contribution in [-0.2, 0) is 16.1 Å². The number of anilines is 1. The average molecular weight is 447 g/mol. The lowest BCUT2D eigenvalue weighted by Crippen LogP contribution is -2.34. The molecule has 3 rings (SSSR count). The highest BCUT2D eigenvalue weighted by atomic mass is 19.1. The zero-order valence-corrected chi connectivity index (χ0v) is 18.9. The summed E-state index contributed by atoms with van der Waals surface area (Å²) in [7, 11) is 4.58. The van der Waals surface area contributed by atoms with Crippen molar-refractivity contribution in [2.75, 3.05) is 46.3 Å². The zero-order valence-electron chi connectivity index (χ0n) is 18.9. The number of methoxy groups -OCH3 is 3. The van der Waals surface area contributed by atoms with Crippen LogP contribution in [0.1, 0.15) is 24.8 Å². The van der Waals surface area contributed by atoms with E-state index in [0.29, 0.717) is 42.6 Å². The van der Waals surface area contributed by atoms with Gasteiger partial charge in [-0.3, -0.25) is 9.69 Å². The Morgan fingerprint density at radius 2 is 1.91 bits per heavy atom. The lowest BCUT2D eigenvalue weighted by Gasteiger charge is -2.25. The number of ether oxygens (including phenoxy) is 4. The predicted molar refractivity (Wildman–Crippen MR) is 120 cm³/mol. The van der Waals surface area contributed by atoms with Crippen LogP contribution in [0.15, 0.2) is 36.4 Å². The molecule has 0 bridgehead atoms. The summed E-state index contributed by atoms with van der Waals surface area (Å²) in [6.07, 6.45) is 2.46. The molecule has 1 N–H and O–H groups in total. The van der Waals surface area contributed by atoms with Crippen LogP contribution in [0.5, 0.6) is 17.2 Å². The first-order valence-corrected chi connectivity index (χ1v) is 10.7. The van der Waals surface area contributed by atoms with E-state index < -0.39 is 0 Å². The van der Waals surface area contributed by atoms with Gasteiger partial charge in [0.2, 0.25) is 11.7 Å². The van der Waals surface area contributed by atoms with Crippen LogP contribution in [0.25, 0.3) is 0 Å². The summed E-state index contributed by atoms with van der Waals surface area (Å²) in [4.78, 5) is 14.8. The molecule has 1 unspecified atom stereocenters. The fourth-order valence-electron chi connectivity index (χ4n) is 3.84. The summed E-state index contributed by atoms with van der Waals surface area (Å²) in [5, 5.41) is 2.89. The number of hydrogen-bond acceptors (Lipinski definition) is 6. The van der Waals surface area contributed by atoms with E-state index >= 15 is 0 Å². The van der Waals surface area contributed by atoms with E-state index in [1.165, 1.54) is 33.5 Å². The predicted octanol–water partition coefficient (Wildman–Crippen LogP) is 3.86. The van der Waals surface area contributed by atoms with Gasteiger partial charge in [0.15, 0.2) is 11.5 Å². The van der Waals surface area contributed by atoms with Crippen molar-refractivity contribution in [2.24, 2.45) is 0 Å². The Morgan fingerprint density at radius 3 is 2.50 bits per heavy atom. The summed E-state index contributed by atoms with van der Waals surface area (Å²) < 4.78 is 35.4. The molecule has 1 atom stereocenters. The van der Waals surface area contributed by atoms with Crippen LogP contribution in [0.3, 0.4) is 0 Å². The molecule has 0 radical (unpaired) electrons. The second-order valence-corrected chi connectivity index (χ2v) is 7.71. The molecule has 7 nitrogen and oxygen atoms in total. The van der Waals surface area contributed by atoms with Crippen LogP contribution >= 0.6 is 0 Å². The highest BCUT2D eigenvalue weighted by Gasteiger charge is 2.21. The number of nitrogens with one attached hydrogen (secondary N) is 1. The SMILES string of the molecule is COc1cc(NC(=O)CCN(Cc2cccc(F)c2)CC2CCCO2)cc(OC)c1OC. The third-order valence-corrected chi connectivity index (χ3v) is 5.38. The van der Waals surface area contributed by atoms with E-state index in [-0.39, 0.29) is 24.2 Å². The van der Waals surface area contributed by atoms with Crippen molar-refractivity contribution in [1.29, 1.82) is 0 Å². The van der Waals surface area contributed by atoms with Crippen molar-refractivity contribution < 1.29 is 28.1 Å². The smallest absolute Gasteiger partial charge is 0.225 e. The molecule has 1 aliphatic heterocycles. The van der Waals surface area contributed by atoms with Crippen molar-refractivity contribution in [3.05, 3.63) is 47.8 Å². The minimum atomic E-state index is -0.264. The van der Waals surface area contributed by atoms with E-state index in [1.54, 1.807) is 18.2 Å². The summed E-state index contributed by atoms with van der Waals surface area (Å²) in [5.74, 6) is 0.989. The van der Waals surface area contributed by atoms with E-state index in [0.717, 1.165) is 25.0 Å². The van der Waals surface area contributed by atoms with Gasteiger partial charge in [0.05, 0.1) is 27.4 Å². The summed E-state index contributed by atoms with van der Waals surface area (Å²) in [6.45, 7) is 2.54. The first kappa shape index (κ1) is 23.8. The summed E-state index contributed by atoms with van der Waals surface area (Å²) in [6, 6.07) is 9.93. The molecule has 1 aliphatic rings. The van der Waals surface area contributed by atoms with Gasteiger partial charge in [0.25, 0.3) is 0 Å². The molecule has 0 spiro atoms. The Bertz CT molecular complexity index is 877. The molecule has 32 heavy (non-hydrogen) atoms. The monoisotopic (exact) mass is 446 g/mol. The van der Waals surface area contributed by atoms with Crippen LogP contribution in [0.4, 0.5) is 10.1 Å². The Hall–Kier alpha value is -2.84. The van der Waals surface area contributed by atoms with Gasteiger partial charge < -0.3 is 24.3 Å². The Labute approximate surface area is 188 Å². The Kier molecular flexibility index (Phi) is 8.70. The molecule has 0 aliphatic carbocycles. The van der Waals surface area contributed by atoms with Crippen LogP contribution < -0.4 is 19.5 Å². The molecule has 2 aromatic carbocycles. The molecular formula is C24H31FN2O5. The van der Waals surface area contributed by atoms with Gasteiger partial charge in [-0.05, 0) is 30.5 Å². The average Bonchev–Trinajstić information content (AvgIpc) is 3.30. The number of carbonyl (C=O) groups excluding carboxylic acids is 1. The molecule has 0 aromatic heterocycles. The molecular weight excluding hydrogens is 415 g/mol. The highest BCUT2D eigenvalue weighted by Crippen LogP contribution is 2.39. The maximum Gasteiger partial charge on any atom is 0.225 e. The number of carbonyl (C=O) groups is 1. The van der Waals surface area contributed by atoms with Crippen molar-refractivity contribution in [2.45, 2.75) is 31.9 Å². The second kappa shape index (κ2) is 11.7. The second-order valence-electron chi connectivity index (χ2n) is 7.71. The zero-order chi connectivity index (χ0) is 22.9. The van der Waals surface area contributed by atoms with E-state index in [9.17, 15) is 9.18 Å². The lowest BCUT2D eigenvalue weighted by atomic mass is 10.1. The van der Waals surface area contributed by atoms with Crippen LogP contribution in [0, 0.1) is 5.82 Å². The van der Waals surface area contributed by atoms with Gasteiger partial charge in [0, 0.05) is 50.5 Å². The van der Waals surface area contributed by atoms with Gasteiger partial charge in [-0.15, -0.1) is 0 Å². The number of halogens is 1. The number of rotatable bonds is 11. The van der Waals surface area contributed by atoms with Crippen molar-refractivity contribution >= 4 is 11.6 Å². The fourth-order valence-corrected chi connectivity index (χ4v) is 3.84. The number of hydrogen-bond donors (Lipinski definition) is 1. The van der Waals surface area contributed by atoms with Gasteiger partial charge in [-0.25, -0.2) is 4.39 Å². The molecule has 1 fully saturated rings. The third-order valence-electron chi connectivity index (χ3n) is 5.38. The van der Waals surface area contributed by atoms with Gasteiger partial charge in [0.1, 0.15) is 5.82 Å². The summed E-state index contributed by atoms with van der Waals surface area (Å²) >= 11 is 0. The van der Waals surface area contributed by atoms with E-state index in [4.69, 9.17) is 18.9 Å². The minimum absolute atomic E-state index is 0.140. The number of amides is 1. The first-order valence-electron chi connectivity index (χ1n) is 10.7. The number of nitrogens with zero attached hydrogens (tertiary/aromatic N) is 1. The summed E-state index contributed by atoms with van der Waals surface area (Å²) in [5.41, 5.74) is 1.42. The van der Waals surface area contributed by atoms with Crippen molar-refractivity contribution in [1.82, 2.24) is 4.90 Å². The lowest BCUT2D eigenvalue weighted by molar-refractivity contribution is -0.116. The van der Waals surface area contributed by atoms with E-state index in [2.05, 4.69) is 10.2 Å². The standard InChI is InChI=1S/C24H31FN2O5/c1-29-21-13-19(14-22(30-2)24(21)31-3)26-23(28)9-10-27(16-20-8-5-11-32-20)15-17-6-4-7-18(25)12-17/h4,6-7,12-14,20H,5,8-11,15-16H2,1-3H3,(H,26,28). The molecule has 0 saturated carbocycles. The van der Waals surface area contributed by atoms with Gasteiger partial charge >= 0.3 is 0 Å². The Balaban J connectivity index is 1.63. The van der Waals surface area contributed by atoms with Crippen molar-refractivity contribution in [3.63, 3.8) is 0 Å². The first-order chi connectivity index (χ1) is 15.5. The minimum Gasteiger partial charge on any atom is -0.493 e. The topological polar surface area (TPSA) is 69.3 Å².